The van der Waals surface area contributed by atoms with Gasteiger partial charge in [-0.3, -0.25) is 15.1 Å². The van der Waals surface area contributed by atoms with Crippen molar-refractivity contribution in [3.05, 3.63) is 59.3 Å². The van der Waals surface area contributed by atoms with Crippen molar-refractivity contribution in [1.82, 2.24) is 35.0 Å². The van der Waals surface area contributed by atoms with Gasteiger partial charge >= 0.3 is 0 Å². The molecule has 162 valence electrons. The summed E-state index contributed by atoms with van der Waals surface area (Å²) in [6.07, 6.45) is 10.9. The molecule has 0 bridgehead atoms. The Hall–Kier alpha value is -3.78. The number of anilines is 1. The molecular formula is C24H26N8. The van der Waals surface area contributed by atoms with E-state index in [0.717, 1.165) is 76.1 Å². The molecule has 4 aromatic rings. The molecule has 8 nitrogen and oxygen atoms in total. The molecule has 0 spiro atoms. The van der Waals surface area contributed by atoms with Gasteiger partial charge in [0.1, 0.15) is 11.5 Å². The van der Waals surface area contributed by atoms with Gasteiger partial charge in [0.15, 0.2) is 0 Å². The molecule has 1 aliphatic rings. The third kappa shape index (κ3) is 3.80. The number of allylic oxidation sites excluding steroid dienone is 2. The van der Waals surface area contributed by atoms with Gasteiger partial charge in [0.05, 0.1) is 28.5 Å². The van der Waals surface area contributed by atoms with Crippen LogP contribution in [0.1, 0.15) is 12.6 Å². The topological polar surface area (TPSA) is 89.6 Å². The fourth-order valence-electron chi connectivity index (χ4n) is 3.97. The third-order valence-corrected chi connectivity index (χ3v) is 5.95. The molecule has 0 aromatic carbocycles. The summed E-state index contributed by atoms with van der Waals surface area (Å²) in [7, 11) is 2.16. The van der Waals surface area contributed by atoms with Gasteiger partial charge in [0.25, 0.3) is 0 Å². The van der Waals surface area contributed by atoms with Crippen molar-refractivity contribution in [1.29, 1.82) is 0 Å². The number of likely N-dealkylation sites (N-methyl/N-ethyl adjacent to an activating group) is 1. The van der Waals surface area contributed by atoms with Crippen molar-refractivity contribution in [3.63, 3.8) is 0 Å². The van der Waals surface area contributed by atoms with Gasteiger partial charge in [0.2, 0.25) is 0 Å². The lowest BCUT2D eigenvalue weighted by atomic mass is 10.2. The van der Waals surface area contributed by atoms with Gasteiger partial charge in [-0.25, -0.2) is 4.98 Å². The van der Waals surface area contributed by atoms with Crippen molar-refractivity contribution >= 4 is 34.9 Å². The molecular weight excluding hydrogens is 400 g/mol. The Balaban J connectivity index is 1.48. The predicted molar refractivity (Wildman–Crippen MR) is 128 cm³/mol. The number of hydrogen-bond acceptors (Lipinski definition) is 6. The second kappa shape index (κ2) is 8.39. The van der Waals surface area contributed by atoms with E-state index in [2.05, 4.69) is 59.6 Å². The molecule has 5 heterocycles. The summed E-state index contributed by atoms with van der Waals surface area (Å²) in [5, 5.41) is 10.5. The van der Waals surface area contributed by atoms with Gasteiger partial charge < -0.3 is 14.8 Å². The number of nitrogens with zero attached hydrogens (tertiary/aromatic N) is 6. The molecule has 1 aliphatic heterocycles. The Morgan fingerprint density at radius 2 is 1.97 bits per heavy atom. The van der Waals surface area contributed by atoms with Crippen LogP contribution in [0.2, 0.25) is 0 Å². The number of rotatable bonds is 4. The number of fused-ring (bicyclic) bond motifs is 1. The zero-order chi connectivity index (χ0) is 22.1. The Morgan fingerprint density at radius 3 is 2.75 bits per heavy atom. The van der Waals surface area contributed by atoms with E-state index in [4.69, 9.17) is 0 Å². The van der Waals surface area contributed by atoms with E-state index in [1.165, 1.54) is 0 Å². The zero-order valence-electron chi connectivity index (χ0n) is 18.3. The molecule has 0 aliphatic carbocycles. The van der Waals surface area contributed by atoms with Crippen LogP contribution >= 0.6 is 0 Å². The first-order valence-electron chi connectivity index (χ1n) is 10.7. The van der Waals surface area contributed by atoms with Crippen molar-refractivity contribution < 1.29 is 0 Å². The molecule has 4 aromatic heterocycles. The lowest BCUT2D eigenvalue weighted by Crippen LogP contribution is -2.44. The zero-order valence-corrected chi connectivity index (χ0v) is 18.3. The Labute approximate surface area is 186 Å². The number of H-pyrrole nitrogens is 2. The van der Waals surface area contributed by atoms with E-state index in [-0.39, 0.29) is 0 Å². The van der Waals surface area contributed by atoms with E-state index in [9.17, 15) is 0 Å². The monoisotopic (exact) mass is 426 g/mol. The molecule has 0 unspecified atom stereocenters. The number of hydrogen-bond donors (Lipinski definition) is 2. The number of pyridine rings is 1. The Kier molecular flexibility index (Phi) is 5.28. The van der Waals surface area contributed by atoms with Crippen LogP contribution in [0.5, 0.6) is 0 Å². The molecule has 5 rings (SSSR count). The van der Waals surface area contributed by atoms with Crippen molar-refractivity contribution in [3.8, 4) is 11.4 Å². The largest absolute Gasteiger partial charge is 0.353 e. The highest BCUT2D eigenvalue weighted by atomic mass is 15.3. The van der Waals surface area contributed by atoms with Crippen molar-refractivity contribution in [2.24, 2.45) is 0 Å². The summed E-state index contributed by atoms with van der Waals surface area (Å²) in [6, 6.07) is 4.14. The van der Waals surface area contributed by atoms with E-state index in [0.29, 0.717) is 0 Å². The maximum atomic E-state index is 4.69. The van der Waals surface area contributed by atoms with Crippen LogP contribution in [0, 0.1) is 0 Å². The first-order chi connectivity index (χ1) is 15.6. The second-order valence-electron chi connectivity index (χ2n) is 8.14. The minimum atomic E-state index is 0.808. The summed E-state index contributed by atoms with van der Waals surface area (Å²) in [4.78, 5) is 21.3. The quantitative estimate of drug-likeness (QED) is 0.517. The number of nitrogens with one attached hydrogen (secondary N) is 2. The van der Waals surface area contributed by atoms with Crippen LogP contribution in [0.25, 0.3) is 40.5 Å². The first kappa shape index (κ1) is 20.1. The Morgan fingerprint density at radius 1 is 1.12 bits per heavy atom. The summed E-state index contributed by atoms with van der Waals surface area (Å²) < 4.78 is 0. The highest BCUT2D eigenvalue weighted by molar-refractivity contribution is 5.94. The SMILES string of the molecule is C=c1c(-c2cc3c(N4CCN(C)CC4)nccc3[nH]2)n[nH]/c1=C/C=C(\C)c1cnccn1. The molecule has 0 atom stereocenters. The maximum absolute atomic E-state index is 4.69. The van der Waals surface area contributed by atoms with Crippen LogP contribution in [0.15, 0.2) is 43.0 Å². The lowest BCUT2D eigenvalue weighted by Gasteiger charge is -2.33. The molecule has 8 heteroatoms. The minimum Gasteiger partial charge on any atom is -0.353 e. The third-order valence-electron chi connectivity index (χ3n) is 5.95. The van der Waals surface area contributed by atoms with Crippen LogP contribution in [-0.4, -0.2) is 68.3 Å². The molecule has 0 radical (unpaired) electrons. The standard InChI is InChI=1S/C24H26N8/c1-16(22-15-25-8-9-26-22)4-5-19-17(2)23(30-29-19)21-14-18-20(28-21)6-7-27-24(18)32-12-10-31(3)11-13-32/h4-9,14-15,28-29H,2,10-13H2,1,3H3/b16-4+,19-5+. The van der Waals surface area contributed by atoms with Crippen molar-refractivity contribution in [2.45, 2.75) is 6.92 Å². The van der Waals surface area contributed by atoms with Gasteiger partial charge in [0, 0.05) is 55.4 Å². The van der Waals surface area contributed by atoms with Crippen molar-refractivity contribution in [2.75, 3.05) is 38.1 Å². The first-order valence-corrected chi connectivity index (χ1v) is 10.7. The molecule has 2 N–H and O–H groups in total. The predicted octanol–water partition coefficient (Wildman–Crippen LogP) is 1.79. The number of aromatic amines is 2. The van der Waals surface area contributed by atoms with E-state index >= 15 is 0 Å². The highest BCUT2D eigenvalue weighted by Gasteiger charge is 2.19. The minimum absolute atomic E-state index is 0.808. The van der Waals surface area contributed by atoms with Crippen LogP contribution in [-0.2, 0) is 0 Å². The number of aromatic nitrogens is 6. The van der Waals surface area contributed by atoms with Gasteiger partial charge in [-0.1, -0.05) is 12.7 Å². The summed E-state index contributed by atoms with van der Waals surface area (Å²) in [5.74, 6) is 1.02. The maximum Gasteiger partial charge on any atom is 0.138 e. The van der Waals surface area contributed by atoms with E-state index in [1.54, 1.807) is 18.6 Å². The second-order valence-corrected chi connectivity index (χ2v) is 8.14. The van der Waals surface area contributed by atoms with Crippen LogP contribution in [0.4, 0.5) is 5.82 Å². The fraction of sp³-hybridized carbons (Fsp3) is 0.250. The summed E-state index contributed by atoms with van der Waals surface area (Å²) in [6.45, 7) is 10.3. The van der Waals surface area contributed by atoms with Gasteiger partial charge in [-0.05, 0) is 37.8 Å². The Bertz CT molecular complexity index is 1370. The average Bonchev–Trinajstić information content (AvgIpc) is 3.41. The smallest absolute Gasteiger partial charge is 0.138 e. The van der Waals surface area contributed by atoms with Gasteiger partial charge in [-0.15, -0.1) is 0 Å². The van der Waals surface area contributed by atoms with Gasteiger partial charge in [-0.2, -0.15) is 5.10 Å². The molecule has 0 amide bonds. The van der Waals surface area contributed by atoms with Crippen LogP contribution in [0.3, 0.4) is 0 Å². The summed E-state index contributed by atoms with van der Waals surface area (Å²) in [5.41, 5.74) is 4.65. The van der Waals surface area contributed by atoms with E-state index < -0.39 is 0 Å². The average molecular weight is 427 g/mol. The lowest BCUT2D eigenvalue weighted by molar-refractivity contribution is 0.312. The number of piperazine rings is 1. The fourth-order valence-corrected chi connectivity index (χ4v) is 3.97. The molecule has 1 saturated heterocycles. The molecule has 32 heavy (non-hydrogen) atoms. The molecule has 1 fully saturated rings. The summed E-state index contributed by atoms with van der Waals surface area (Å²) >= 11 is 0. The van der Waals surface area contributed by atoms with E-state index in [1.807, 2.05) is 31.3 Å². The van der Waals surface area contributed by atoms with Crippen LogP contribution < -0.4 is 15.5 Å². The highest BCUT2D eigenvalue weighted by Crippen LogP contribution is 2.28. The molecule has 0 saturated carbocycles. The normalized spacial score (nSPS) is 16.2.